The van der Waals surface area contributed by atoms with Gasteiger partial charge < -0.3 is 14.6 Å². The van der Waals surface area contributed by atoms with E-state index in [-0.39, 0.29) is 6.73 Å². The Hall–Kier alpha value is -4.30. The lowest BCUT2D eigenvalue weighted by molar-refractivity contribution is 0.107. The summed E-state index contributed by atoms with van der Waals surface area (Å²) in [5.41, 5.74) is 5.34. The Bertz CT molecular complexity index is 1370. The SMILES string of the molecule is COCn1c(C=O)cc2ccc(-c3nccc(Nc4ccc(-c5cn[nH]c5)cc4)n3)cc21. The monoisotopic (exact) mass is 424 g/mol. The minimum atomic E-state index is 0.290. The van der Waals surface area contributed by atoms with Crippen LogP contribution in [0, 0.1) is 0 Å². The van der Waals surface area contributed by atoms with Gasteiger partial charge in [-0.2, -0.15) is 5.10 Å². The number of anilines is 2. The van der Waals surface area contributed by atoms with E-state index < -0.39 is 0 Å². The lowest BCUT2D eigenvalue weighted by Gasteiger charge is -2.09. The van der Waals surface area contributed by atoms with Crippen LogP contribution in [0.1, 0.15) is 10.5 Å². The average molecular weight is 424 g/mol. The highest BCUT2D eigenvalue weighted by Crippen LogP contribution is 2.26. The molecule has 8 heteroatoms. The number of nitrogens with zero attached hydrogens (tertiary/aromatic N) is 4. The number of methoxy groups -OCH3 is 1. The van der Waals surface area contributed by atoms with Crippen molar-refractivity contribution in [2.45, 2.75) is 6.73 Å². The van der Waals surface area contributed by atoms with E-state index in [1.165, 1.54) is 0 Å². The number of aromatic amines is 1. The minimum Gasteiger partial charge on any atom is -0.364 e. The fourth-order valence-electron chi connectivity index (χ4n) is 3.66. The number of nitrogens with one attached hydrogen (secondary N) is 2. The number of hydrogen-bond acceptors (Lipinski definition) is 6. The van der Waals surface area contributed by atoms with Gasteiger partial charge in [0.15, 0.2) is 12.1 Å². The highest BCUT2D eigenvalue weighted by molar-refractivity contribution is 5.91. The van der Waals surface area contributed by atoms with Gasteiger partial charge in [-0.1, -0.05) is 24.3 Å². The van der Waals surface area contributed by atoms with Crippen LogP contribution in [-0.4, -0.2) is 38.1 Å². The van der Waals surface area contributed by atoms with Gasteiger partial charge in [0.05, 0.1) is 17.4 Å². The zero-order valence-corrected chi connectivity index (χ0v) is 17.3. The molecule has 8 nitrogen and oxygen atoms in total. The summed E-state index contributed by atoms with van der Waals surface area (Å²) >= 11 is 0. The van der Waals surface area contributed by atoms with Crippen LogP contribution >= 0.6 is 0 Å². The normalized spacial score (nSPS) is 11.0. The summed E-state index contributed by atoms with van der Waals surface area (Å²) in [7, 11) is 1.60. The third-order valence-electron chi connectivity index (χ3n) is 5.22. The summed E-state index contributed by atoms with van der Waals surface area (Å²) < 4.78 is 7.09. The van der Waals surface area contributed by atoms with Gasteiger partial charge in [0.25, 0.3) is 0 Å². The second kappa shape index (κ2) is 8.44. The first-order chi connectivity index (χ1) is 15.7. The molecule has 2 aromatic carbocycles. The van der Waals surface area contributed by atoms with Gasteiger partial charge in [-0.15, -0.1) is 0 Å². The fourth-order valence-corrected chi connectivity index (χ4v) is 3.66. The van der Waals surface area contributed by atoms with Crippen LogP contribution in [0.15, 0.2) is 73.2 Å². The van der Waals surface area contributed by atoms with Gasteiger partial charge in [-0.3, -0.25) is 9.89 Å². The Balaban J connectivity index is 1.43. The van der Waals surface area contributed by atoms with Gasteiger partial charge in [-0.25, -0.2) is 9.97 Å². The van der Waals surface area contributed by atoms with Gasteiger partial charge in [0, 0.05) is 41.7 Å². The summed E-state index contributed by atoms with van der Waals surface area (Å²) in [6.45, 7) is 0.290. The Kier molecular flexibility index (Phi) is 5.19. The number of hydrogen-bond donors (Lipinski definition) is 2. The zero-order chi connectivity index (χ0) is 21.9. The minimum absolute atomic E-state index is 0.290. The number of ether oxygens (including phenoxy) is 1. The number of benzene rings is 2. The topological polar surface area (TPSA) is 97.7 Å². The molecule has 0 bridgehead atoms. The van der Waals surface area contributed by atoms with Crippen molar-refractivity contribution < 1.29 is 9.53 Å². The van der Waals surface area contributed by atoms with E-state index in [9.17, 15) is 4.79 Å². The maximum atomic E-state index is 11.4. The van der Waals surface area contributed by atoms with Crippen molar-refractivity contribution in [2.24, 2.45) is 0 Å². The summed E-state index contributed by atoms with van der Waals surface area (Å²) in [4.78, 5) is 20.5. The zero-order valence-electron chi connectivity index (χ0n) is 17.3. The molecule has 0 amide bonds. The quantitative estimate of drug-likeness (QED) is 0.369. The molecule has 0 aliphatic rings. The Morgan fingerprint density at radius 2 is 1.91 bits per heavy atom. The van der Waals surface area contributed by atoms with E-state index >= 15 is 0 Å². The molecule has 0 spiro atoms. The number of rotatable bonds is 7. The van der Waals surface area contributed by atoms with Crippen LogP contribution < -0.4 is 5.32 Å². The first kappa shape index (κ1) is 19.7. The smallest absolute Gasteiger partial charge is 0.166 e. The highest BCUT2D eigenvalue weighted by atomic mass is 16.5. The molecular weight excluding hydrogens is 404 g/mol. The summed E-state index contributed by atoms with van der Waals surface area (Å²) in [6, 6.07) is 17.6. The first-order valence-electron chi connectivity index (χ1n) is 10.0. The van der Waals surface area contributed by atoms with E-state index in [0.29, 0.717) is 17.3 Å². The first-order valence-corrected chi connectivity index (χ1v) is 10.0. The third-order valence-corrected chi connectivity index (χ3v) is 5.22. The van der Waals surface area contributed by atoms with Crippen molar-refractivity contribution in [3.05, 3.63) is 78.9 Å². The van der Waals surface area contributed by atoms with Crippen molar-refractivity contribution in [1.29, 1.82) is 0 Å². The van der Waals surface area contributed by atoms with E-state index in [1.54, 1.807) is 19.5 Å². The number of aromatic nitrogens is 5. The second-order valence-corrected chi connectivity index (χ2v) is 7.26. The van der Waals surface area contributed by atoms with Crippen LogP contribution in [-0.2, 0) is 11.5 Å². The summed E-state index contributed by atoms with van der Waals surface area (Å²) in [5.74, 6) is 1.27. The van der Waals surface area contributed by atoms with Crippen molar-refractivity contribution in [3.8, 4) is 22.5 Å². The number of carbonyl (C=O) groups is 1. The Labute approximate surface area is 183 Å². The molecule has 5 aromatic rings. The van der Waals surface area contributed by atoms with Gasteiger partial charge in [-0.05, 0) is 35.9 Å². The predicted octanol–water partition coefficient (Wildman–Crippen LogP) is 4.65. The van der Waals surface area contributed by atoms with Crippen LogP contribution in [0.5, 0.6) is 0 Å². The molecule has 0 aliphatic heterocycles. The van der Waals surface area contributed by atoms with E-state index in [4.69, 9.17) is 4.74 Å². The molecule has 0 saturated heterocycles. The van der Waals surface area contributed by atoms with Gasteiger partial charge >= 0.3 is 0 Å². The average Bonchev–Trinajstić information content (AvgIpc) is 3.48. The van der Waals surface area contributed by atoms with Crippen molar-refractivity contribution in [2.75, 3.05) is 12.4 Å². The molecule has 0 saturated carbocycles. The maximum absolute atomic E-state index is 11.4. The van der Waals surface area contributed by atoms with Crippen molar-refractivity contribution in [3.63, 3.8) is 0 Å². The summed E-state index contributed by atoms with van der Waals surface area (Å²) in [6.07, 6.45) is 6.20. The third kappa shape index (κ3) is 3.75. The summed E-state index contributed by atoms with van der Waals surface area (Å²) in [5, 5.41) is 11.1. The largest absolute Gasteiger partial charge is 0.364 e. The molecule has 0 radical (unpaired) electrons. The molecule has 0 unspecified atom stereocenters. The molecule has 3 heterocycles. The molecular formula is C24H20N6O2. The molecule has 0 fully saturated rings. The molecule has 32 heavy (non-hydrogen) atoms. The number of H-pyrrole nitrogens is 1. The molecule has 3 aromatic heterocycles. The van der Waals surface area contributed by atoms with E-state index in [1.807, 2.05) is 65.4 Å². The highest BCUT2D eigenvalue weighted by Gasteiger charge is 2.11. The maximum Gasteiger partial charge on any atom is 0.166 e. The number of aldehydes is 1. The fraction of sp³-hybridized carbons (Fsp3) is 0.0833. The lowest BCUT2D eigenvalue weighted by atomic mass is 10.1. The Morgan fingerprint density at radius 1 is 1.06 bits per heavy atom. The van der Waals surface area contributed by atoms with Crippen LogP contribution in [0.2, 0.25) is 0 Å². The Morgan fingerprint density at radius 3 is 2.66 bits per heavy atom. The molecule has 5 rings (SSSR count). The van der Waals surface area contributed by atoms with E-state index in [0.717, 1.165) is 39.6 Å². The van der Waals surface area contributed by atoms with E-state index in [2.05, 4.69) is 25.5 Å². The standard InChI is InChI=1S/C24H20N6O2/c1-32-15-30-21(14-31)10-17-2-3-18(11-22(17)30)24-25-9-8-23(29-24)28-20-6-4-16(5-7-20)19-12-26-27-13-19/h2-14H,15H2,1H3,(H,26,27)(H,25,28,29). The van der Waals surface area contributed by atoms with Crippen molar-refractivity contribution in [1.82, 2.24) is 24.7 Å². The van der Waals surface area contributed by atoms with Crippen molar-refractivity contribution >= 4 is 28.7 Å². The lowest BCUT2D eigenvalue weighted by Crippen LogP contribution is -2.03. The van der Waals surface area contributed by atoms with Crippen LogP contribution in [0.3, 0.4) is 0 Å². The number of carbonyl (C=O) groups excluding carboxylic acids is 1. The van der Waals surface area contributed by atoms with Crippen LogP contribution in [0.25, 0.3) is 33.4 Å². The molecule has 0 atom stereocenters. The predicted molar refractivity (Wildman–Crippen MR) is 123 cm³/mol. The van der Waals surface area contributed by atoms with Gasteiger partial charge in [0.2, 0.25) is 0 Å². The molecule has 0 aliphatic carbocycles. The second-order valence-electron chi connectivity index (χ2n) is 7.26. The number of fused-ring (bicyclic) bond motifs is 1. The molecule has 158 valence electrons. The molecule has 2 N–H and O–H groups in total. The van der Waals surface area contributed by atoms with Gasteiger partial charge in [0.1, 0.15) is 12.5 Å². The van der Waals surface area contributed by atoms with Crippen LogP contribution in [0.4, 0.5) is 11.5 Å².